The number of nitrogens with two attached hydrogens (primary N) is 1. The Morgan fingerprint density at radius 1 is 1.42 bits per heavy atom. The van der Waals surface area contributed by atoms with Crippen LogP contribution >= 0.6 is 0 Å². The van der Waals surface area contributed by atoms with Crippen LogP contribution < -0.4 is 16.4 Å². The van der Waals surface area contributed by atoms with Crippen LogP contribution in [0.25, 0.3) is 16.5 Å². The van der Waals surface area contributed by atoms with Crippen molar-refractivity contribution >= 4 is 34.5 Å². The van der Waals surface area contributed by atoms with Gasteiger partial charge in [-0.05, 0) is 32.0 Å². The molecule has 0 radical (unpaired) electrons. The van der Waals surface area contributed by atoms with Gasteiger partial charge in [-0.1, -0.05) is 13.0 Å². The number of hydrogen-bond donors (Lipinski definition) is 4. The molecule has 0 saturated heterocycles. The molecular formula is C23H27F2N5O3. The van der Waals surface area contributed by atoms with Crippen molar-refractivity contribution in [3.8, 4) is 0 Å². The molecule has 1 fully saturated rings. The van der Waals surface area contributed by atoms with Crippen molar-refractivity contribution in [3.05, 3.63) is 47.4 Å². The molecule has 33 heavy (non-hydrogen) atoms. The SMILES string of the molecule is CCC(O)C1C=C(C)C(c2cc3cnc(NC(=O)C4CC4(F)F)cc3nc2C=O)=CN1.CN. The van der Waals surface area contributed by atoms with Gasteiger partial charge < -0.3 is 21.5 Å². The average Bonchev–Trinajstić information content (AvgIpc) is 3.47. The fraction of sp³-hybridized carbons (Fsp3) is 0.391. The molecule has 3 heterocycles. The number of halogens is 2. The molecule has 2 aliphatic rings. The zero-order valence-electron chi connectivity index (χ0n) is 18.6. The molecule has 8 nitrogen and oxygen atoms in total. The minimum Gasteiger partial charge on any atom is -0.391 e. The molecule has 4 rings (SSSR count). The monoisotopic (exact) mass is 459 g/mol. The first-order valence-corrected chi connectivity index (χ1v) is 10.6. The highest BCUT2D eigenvalue weighted by molar-refractivity contribution is 5.98. The van der Waals surface area contributed by atoms with Gasteiger partial charge in [0.1, 0.15) is 17.4 Å². The van der Waals surface area contributed by atoms with E-state index >= 15 is 0 Å². The predicted molar refractivity (Wildman–Crippen MR) is 122 cm³/mol. The van der Waals surface area contributed by atoms with Gasteiger partial charge in [-0.25, -0.2) is 18.7 Å². The largest absolute Gasteiger partial charge is 0.391 e. The summed E-state index contributed by atoms with van der Waals surface area (Å²) in [5.74, 6) is -4.98. The lowest BCUT2D eigenvalue weighted by Crippen LogP contribution is -2.37. The van der Waals surface area contributed by atoms with Gasteiger partial charge in [0.25, 0.3) is 5.92 Å². The van der Waals surface area contributed by atoms with Crippen LogP contribution in [0.2, 0.25) is 0 Å². The summed E-state index contributed by atoms with van der Waals surface area (Å²) in [5.41, 5.74) is 7.36. The molecule has 1 aliphatic heterocycles. The first-order chi connectivity index (χ1) is 15.7. The number of dihydropyridines is 1. The Morgan fingerprint density at radius 3 is 2.70 bits per heavy atom. The highest BCUT2D eigenvalue weighted by Crippen LogP contribution is 2.49. The van der Waals surface area contributed by atoms with E-state index in [1.54, 1.807) is 12.3 Å². The highest BCUT2D eigenvalue weighted by atomic mass is 19.3. The Kier molecular flexibility index (Phi) is 7.19. The van der Waals surface area contributed by atoms with Gasteiger partial charge in [0.05, 0.1) is 17.7 Å². The highest BCUT2D eigenvalue weighted by Gasteiger charge is 2.61. The Labute approximate surface area is 190 Å². The Bertz CT molecular complexity index is 1130. The molecular weight excluding hydrogens is 432 g/mol. The number of fused-ring (bicyclic) bond motifs is 1. The molecule has 5 N–H and O–H groups in total. The van der Waals surface area contributed by atoms with Gasteiger partial charge in [0.2, 0.25) is 5.91 Å². The summed E-state index contributed by atoms with van der Waals surface area (Å²) in [4.78, 5) is 32.1. The summed E-state index contributed by atoms with van der Waals surface area (Å²) < 4.78 is 26.2. The number of alkyl halides is 2. The molecule has 1 aliphatic carbocycles. The van der Waals surface area contributed by atoms with E-state index in [2.05, 4.69) is 26.3 Å². The summed E-state index contributed by atoms with van der Waals surface area (Å²) in [7, 11) is 1.50. The number of amides is 1. The third-order valence-electron chi connectivity index (χ3n) is 5.63. The number of hydrogen-bond acceptors (Lipinski definition) is 7. The number of pyridine rings is 2. The lowest BCUT2D eigenvalue weighted by Gasteiger charge is -2.26. The van der Waals surface area contributed by atoms with E-state index in [1.165, 1.54) is 19.3 Å². The lowest BCUT2D eigenvalue weighted by atomic mass is 9.92. The topological polar surface area (TPSA) is 130 Å². The molecule has 176 valence electrons. The number of allylic oxidation sites excluding steroid dienone is 2. The normalized spacial score (nSPS) is 21.5. The van der Waals surface area contributed by atoms with Crippen LogP contribution in [-0.2, 0) is 4.79 Å². The molecule has 10 heteroatoms. The minimum atomic E-state index is -2.96. The van der Waals surface area contributed by atoms with Crippen LogP contribution in [0.3, 0.4) is 0 Å². The number of carbonyl (C=O) groups excluding carboxylic acids is 2. The molecule has 1 saturated carbocycles. The molecule has 0 spiro atoms. The van der Waals surface area contributed by atoms with E-state index in [0.717, 1.165) is 11.1 Å². The molecule has 0 aromatic carbocycles. The smallest absolute Gasteiger partial charge is 0.260 e. The number of aldehydes is 1. The second kappa shape index (κ2) is 9.72. The molecule has 3 unspecified atom stereocenters. The van der Waals surface area contributed by atoms with Gasteiger partial charge in [-0.2, -0.15) is 0 Å². The van der Waals surface area contributed by atoms with Gasteiger partial charge in [-0.3, -0.25) is 9.59 Å². The zero-order chi connectivity index (χ0) is 24.3. The van der Waals surface area contributed by atoms with Gasteiger partial charge >= 0.3 is 0 Å². The predicted octanol–water partition coefficient (Wildman–Crippen LogP) is 2.64. The standard InChI is InChI=1S/C22H22F2N4O3.CH5N/c1-3-19(30)17-4-11(2)14(9-25-17)13-5-12-8-26-20(6-16(12)27-18(13)10-29)28-21(31)15-7-22(15,23)24;1-2/h4-6,8-10,15,17,19,25,30H,3,7H2,1-2H3,(H,26,28,31);2H2,1H3. The van der Waals surface area contributed by atoms with E-state index < -0.39 is 30.3 Å². The number of nitrogens with zero attached hydrogens (tertiary/aromatic N) is 2. The van der Waals surface area contributed by atoms with E-state index in [4.69, 9.17) is 0 Å². The van der Waals surface area contributed by atoms with Gasteiger partial charge in [-0.15, -0.1) is 0 Å². The Hall–Kier alpha value is -3.24. The second-order valence-electron chi connectivity index (χ2n) is 7.88. The van der Waals surface area contributed by atoms with Crippen molar-refractivity contribution < 1.29 is 23.5 Å². The maximum Gasteiger partial charge on any atom is 0.260 e. The first-order valence-electron chi connectivity index (χ1n) is 10.6. The van der Waals surface area contributed by atoms with Crippen LogP contribution in [0.5, 0.6) is 0 Å². The average molecular weight is 459 g/mol. The number of anilines is 1. The Morgan fingerprint density at radius 2 is 2.12 bits per heavy atom. The summed E-state index contributed by atoms with van der Waals surface area (Å²) in [6.07, 6.45) is 5.39. The number of rotatable bonds is 6. The van der Waals surface area contributed by atoms with Crippen molar-refractivity contribution in [2.75, 3.05) is 12.4 Å². The maximum atomic E-state index is 13.1. The molecule has 2 aromatic rings. The third kappa shape index (κ3) is 5.07. The van der Waals surface area contributed by atoms with Crippen molar-refractivity contribution in [3.63, 3.8) is 0 Å². The summed E-state index contributed by atoms with van der Waals surface area (Å²) in [5, 5.41) is 16.2. The minimum absolute atomic E-state index is 0.100. The fourth-order valence-corrected chi connectivity index (χ4v) is 3.63. The van der Waals surface area contributed by atoms with Crippen molar-refractivity contribution in [1.29, 1.82) is 0 Å². The van der Waals surface area contributed by atoms with Crippen LogP contribution in [0.4, 0.5) is 14.6 Å². The number of nitrogens with one attached hydrogen (secondary N) is 2. The lowest BCUT2D eigenvalue weighted by molar-refractivity contribution is -0.119. The van der Waals surface area contributed by atoms with Crippen molar-refractivity contribution in [2.45, 2.75) is 44.8 Å². The molecule has 1 amide bonds. The third-order valence-corrected chi connectivity index (χ3v) is 5.63. The summed E-state index contributed by atoms with van der Waals surface area (Å²) in [6.45, 7) is 3.79. The van der Waals surface area contributed by atoms with Crippen LogP contribution in [0, 0.1) is 5.92 Å². The molecule has 3 atom stereocenters. The Balaban J connectivity index is 0.00000149. The quantitative estimate of drug-likeness (QED) is 0.489. The zero-order valence-corrected chi connectivity index (χ0v) is 18.6. The van der Waals surface area contributed by atoms with Crippen molar-refractivity contribution in [2.24, 2.45) is 11.7 Å². The van der Waals surface area contributed by atoms with E-state index in [-0.39, 0.29) is 17.6 Å². The van der Waals surface area contributed by atoms with Crippen LogP contribution in [-0.4, -0.2) is 52.4 Å². The summed E-state index contributed by atoms with van der Waals surface area (Å²) in [6, 6.07) is 3.00. The fourth-order valence-electron chi connectivity index (χ4n) is 3.63. The number of aliphatic hydroxyl groups is 1. The number of carbonyl (C=O) groups is 2. The first kappa shape index (κ1) is 24.4. The molecule has 2 aromatic heterocycles. The molecule has 0 bridgehead atoms. The maximum absolute atomic E-state index is 13.1. The van der Waals surface area contributed by atoms with Crippen LogP contribution in [0.1, 0.15) is 42.7 Å². The van der Waals surface area contributed by atoms with E-state index in [9.17, 15) is 23.5 Å². The van der Waals surface area contributed by atoms with E-state index in [1.807, 2.05) is 19.9 Å². The van der Waals surface area contributed by atoms with Gasteiger partial charge in [0.15, 0.2) is 6.29 Å². The van der Waals surface area contributed by atoms with Gasteiger partial charge in [0, 0.05) is 41.4 Å². The second-order valence-corrected chi connectivity index (χ2v) is 7.88. The van der Waals surface area contributed by atoms with E-state index in [0.29, 0.717) is 29.2 Å². The summed E-state index contributed by atoms with van der Waals surface area (Å²) >= 11 is 0. The number of aromatic nitrogens is 2. The van der Waals surface area contributed by atoms with Crippen LogP contribution in [0.15, 0.2) is 36.2 Å². The van der Waals surface area contributed by atoms with Crippen molar-refractivity contribution in [1.82, 2.24) is 15.3 Å². The number of aliphatic hydroxyl groups excluding tert-OH is 1.